The summed E-state index contributed by atoms with van der Waals surface area (Å²) in [5.74, 6) is -2.33. The minimum absolute atomic E-state index is 0.00996. The average molecular weight is 379 g/mol. The van der Waals surface area contributed by atoms with Gasteiger partial charge in [0.25, 0.3) is 5.91 Å². The van der Waals surface area contributed by atoms with Crippen LogP contribution in [0, 0.1) is 0 Å². The molecule has 142 valence electrons. The number of aromatic carboxylic acids is 1. The van der Waals surface area contributed by atoms with Gasteiger partial charge in [0.1, 0.15) is 0 Å². The van der Waals surface area contributed by atoms with Crippen LogP contribution in [-0.2, 0) is 9.53 Å². The van der Waals surface area contributed by atoms with E-state index < -0.39 is 23.9 Å². The molecule has 0 spiro atoms. The van der Waals surface area contributed by atoms with Crippen LogP contribution in [0.3, 0.4) is 0 Å². The zero-order valence-electron chi connectivity index (χ0n) is 15.0. The lowest BCUT2D eigenvalue weighted by Crippen LogP contribution is -2.32. The van der Waals surface area contributed by atoms with Crippen molar-refractivity contribution in [3.63, 3.8) is 0 Å². The highest BCUT2D eigenvalue weighted by molar-refractivity contribution is 5.97. The van der Waals surface area contributed by atoms with Crippen LogP contribution in [0.2, 0.25) is 0 Å². The second-order valence-corrected chi connectivity index (χ2v) is 5.92. The molecule has 0 bridgehead atoms. The number of carbonyl (C=O) groups excluding carboxylic acids is 2. The van der Waals surface area contributed by atoms with E-state index in [1.807, 2.05) is 6.07 Å². The van der Waals surface area contributed by atoms with Crippen LogP contribution in [0.25, 0.3) is 11.0 Å². The Kier molecular flexibility index (Phi) is 5.59. The molecule has 8 heteroatoms. The summed E-state index contributed by atoms with van der Waals surface area (Å²) in [5.41, 5.74) is 1.71. The van der Waals surface area contributed by atoms with Gasteiger partial charge in [-0.25, -0.2) is 14.6 Å². The van der Waals surface area contributed by atoms with Crippen molar-refractivity contribution in [3.05, 3.63) is 66.0 Å². The Bertz CT molecular complexity index is 1030. The Morgan fingerprint density at radius 2 is 1.75 bits per heavy atom. The third-order valence-corrected chi connectivity index (χ3v) is 3.97. The molecule has 0 radical (unpaired) electrons. The molecule has 2 aromatic carbocycles. The van der Waals surface area contributed by atoms with Crippen molar-refractivity contribution >= 4 is 34.6 Å². The summed E-state index contributed by atoms with van der Waals surface area (Å²) in [6.45, 7) is 1.71. The van der Waals surface area contributed by atoms with E-state index in [1.54, 1.807) is 25.1 Å². The average Bonchev–Trinajstić information content (AvgIpc) is 2.71. The summed E-state index contributed by atoms with van der Waals surface area (Å²) < 4.78 is 5.28. The van der Waals surface area contributed by atoms with Gasteiger partial charge in [0, 0.05) is 5.69 Å². The van der Waals surface area contributed by atoms with Gasteiger partial charge >= 0.3 is 11.9 Å². The number of aromatic nitrogens is 2. The monoisotopic (exact) mass is 379 g/mol. The molecule has 3 rings (SSSR count). The van der Waals surface area contributed by atoms with Crippen LogP contribution in [0.4, 0.5) is 5.69 Å². The molecule has 1 aromatic heterocycles. The smallest absolute Gasteiger partial charge is 0.359 e. The quantitative estimate of drug-likeness (QED) is 0.632. The van der Waals surface area contributed by atoms with E-state index in [0.717, 1.165) is 0 Å². The van der Waals surface area contributed by atoms with Crippen molar-refractivity contribution in [1.29, 1.82) is 0 Å². The zero-order chi connectivity index (χ0) is 20.1. The lowest BCUT2D eigenvalue weighted by atomic mass is 10.2. The van der Waals surface area contributed by atoms with E-state index in [2.05, 4.69) is 15.3 Å². The number of esters is 1. The number of para-hydroxylation sites is 2. The molecule has 0 saturated carbocycles. The summed E-state index contributed by atoms with van der Waals surface area (Å²) in [4.78, 5) is 44.0. The highest BCUT2D eigenvalue weighted by Gasteiger charge is 2.23. The molecular weight excluding hydrogens is 362 g/mol. The summed E-state index contributed by atoms with van der Waals surface area (Å²) in [7, 11) is 0. The number of carboxylic acids is 1. The molecule has 1 atom stereocenters. The van der Waals surface area contributed by atoms with E-state index in [9.17, 15) is 14.4 Å². The lowest BCUT2D eigenvalue weighted by Gasteiger charge is -2.16. The summed E-state index contributed by atoms with van der Waals surface area (Å²) in [6, 6.07) is 12.8. The number of nitrogens with one attached hydrogen (secondary N) is 1. The molecule has 1 unspecified atom stereocenters. The lowest BCUT2D eigenvalue weighted by molar-refractivity contribution is -0.124. The highest BCUT2D eigenvalue weighted by Crippen LogP contribution is 2.13. The molecule has 8 nitrogen and oxygen atoms in total. The fourth-order valence-corrected chi connectivity index (χ4v) is 2.49. The Balaban J connectivity index is 1.68. The molecule has 0 fully saturated rings. The van der Waals surface area contributed by atoms with Gasteiger partial charge in [0.15, 0.2) is 11.8 Å². The number of hydrogen-bond acceptors (Lipinski definition) is 6. The van der Waals surface area contributed by atoms with E-state index in [4.69, 9.17) is 9.84 Å². The van der Waals surface area contributed by atoms with Crippen LogP contribution in [-0.4, -0.2) is 39.0 Å². The van der Waals surface area contributed by atoms with Crippen molar-refractivity contribution in [2.24, 2.45) is 0 Å². The van der Waals surface area contributed by atoms with Gasteiger partial charge in [-0.05, 0) is 42.8 Å². The van der Waals surface area contributed by atoms with Crippen LogP contribution in [0.5, 0.6) is 0 Å². The van der Waals surface area contributed by atoms with Crippen LogP contribution >= 0.6 is 0 Å². The summed E-state index contributed by atoms with van der Waals surface area (Å²) in [6.07, 6.45) is 0.533. The van der Waals surface area contributed by atoms with Crippen molar-refractivity contribution < 1.29 is 24.2 Å². The Morgan fingerprint density at radius 1 is 1.07 bits per heavy atom. The number of rotatable bonds is 6. The van der Waals surface area contributed by atoms with Gasteiger partial charge in [-0.1, -0.05) is 19.1 Å². The van der Waals surface area contributed by atoms with Crippen LogP contribution < -0.4 is 5.32 Å². The summed E-state index contributed by atoms with van der Waals surface area (Å²) in [5, 5.41) is 11.5. The molecule has 1 heterocycles. The van der Waals surface area contributed by atoms with E-state index in [1.165, 1.54) is 30.5 Å². The third kappa shape index (κ3) is 4.29. The van der Waals surface area contributed by atoms with Gasteiger partial charge in [-0.3, -0.25) is 9.78 Å². The van der Waals surface area contributed by atoms with Crippen molar-refractivity contribution in [1.82, 2.24) is 9.97 Å². The number of amides is 1. The molecule has 2 N–H and O–H groups in total. The van der Waals surface area contributed by atoms with E-state index >= 15 is 0 Å². The van der Waals surface area contributed by atoms with Crippen molar-refractivity contribution in [2.45, 2.75) is 19.4 Å². The Hall–Kier alpha value is -3.81. The number of benzene rings is 2. The molecular formula is C20H17N3O5. The largest absolute Gasteiger partial charge is 0.478 e. The van der Waals surface area contributed by atoms with Gasteiger partial charge in [-0.15, -0.1) is 0 Å². The first-order chi connectivity index (χ1) is 13.5. The van der Waals surface area contributed by atoms with E-state index in [0.29, 0.717) is 16.7 Å². The SMILES string of the molecule is CCC(OC(=O)c1cnc2ccccc2n1)C(=O)Nc1ccc(C(=O)O)cc1. The number of ether oxygens (including phenoxy) is 1. The zero-order valence-corrected chi connectivity index (χ0v) is 15.0. The van der Waals surface area contributed by atoms with Crippen LogP contribution in [0.1, 0.15) is 34.2 Å². The number of carboxylic acid groups (broad SMARTS) is 1. The highest BCUT2D eigenvalue weighted by atomic mass is 16.5. The first-order valence-corrected chi connectivity index (χ1v) is 8.55. The summed E-state index contributed by atoms with van der Waals surface area (Å²) >= 11 is 0. The topological polar surface area (TPSA) is 118 Å². The second-order valence-electron chi connectivity index (χ2n) is 5.92. The first kappa shape index (κ1) is 19.0. The fraction of sp³-hybridized carbons (Fsp3) is 0.150. The standard InChI is InChI=1S/C20H17N3O5/c1-2-17(18(24)22-13-9-7-12(8-10-13)19(25)26)28-20(27)16-11-21-14-5-3-4-6-15(14)23-16/h3-11,17H,2H2,1H3,(H,22,24)(H,25,26). The number of anilines is 1. The number of nitrogens with zero attached hydrogens (tertiary/aromatic N) is 2. The maximum Gasteiger partial charge on any atom is 0.359 e. The van der Waals surface area contributed by atoms with Gasteiger partial charge < -0.3 is 15.2 Å². The number of hydrogen-bond donors (Lipinski definition) is 2. The van der Waals surface area contributed by atoms with Crippen molar-refractivity contribution in [3.8, 4) is 0 Å². The minimum Gasteiger partial charge on any atom is -0.478 e. The molecule has 3 aromatic rings. The predicted molar refractivity (Wildman–Crippen MR) is 101 cm³/mol. The predicted octanol–water partition coefficient (Wildman–Crippen LogP) is 2.90. The van der Waals surface area contributed by atoms with Gasteiger partial charge in [0.2, 0.25) is 0 Å². The van der Waals surface area contributed by atoms with Crippen LogP contribution in [0.15, 0.2) is 54.7 Å². The number of carbonyl (C=O) groups is 3. The second kappa shape index (κ2) is 8.26. The maximum atomic E-state index is 12.4. The fourth-order valence-electron chi connectivity index (χ4n) is 2.49. The molecule has 0 saturated heterocycles. The molecule has 0 aliphatic carbocycles. The Labute approximate surface area is 160 Å². The maximum absolute atomic E-state index is 12.4. The molecule has 0 aliphatic rings. The van der Waals surface area contributed by atoms with E-state index in [-0.39, 0.29) is 17.7 Å². The number of fused-ring (bicyclic) bond motifs is 1. The third-order valence-electron chi connectivity index (χ3n) is 3.97. The molecule has 0 aliphatic heterocycles. The van der Waals surface area contributed by atoms with Gasteiger partial charge in [0.05, 0.1) is 22.8 Å². The molecule has 1 amide bonds. The van der Waals surface area contributed by atoms with Crippen molar-refractivity contribution in [2.75, 3.05) is 5.32 Å². The normalized spacial score (nSPS) is 11.6. The first-order valence-electron chi connectivity index (χ1n) is 8.55. The van der Waals surface area contributed by atoms with Gasteiger partial charge in [-0.2, -0.15) is 0 Å². The minimum atomic E-state index is -1.06. The molecule has 28 heavy (non-hydrogen) atoms. The Morgan fingerprint density at radius 3 is 2.39 bits per heavy atom.